The molecule has 104 valence electrons. The van der Waals surface area contributed by atoms with Crippen LogP contribution in [0.15, 0.2) is 24.3 Å². The van der Waals surface area contributed by atoms with Crippen molar-refractivity contribution >= 4 is 17.7 Å². The SMILES string of the molecule is O=C(O)CONC(=O)Nc1ccc(OC(F)F)cc1. The minimum atomic E-state index is -2.92. The summed E-state index contributed by atoms with van der Waals surface area (Å²) in [5.41, 5.74) is 2.12. The Labute approximate surface area is 106 Å². The van der Waals surface area contributed by atoms with Crippen molar-refractivity contribution in [3.8, 4) is 5.75 Å². The Balaban J connectivity index is 2.40. The zero-order valence-corrected chi connectivity index (χ0v) is 9.43. The van der Waals surface area contributed by atoms with Gasteiger partial charge >= 0.3 is 18.6 Å². The number of hydrogen-bond donors (Lipinski definition) is 3. The minimum absolute atomic E-state index is 0.0527. The summed E-state index contributed by atoms with van der Waals surface area (Å²) < 4.78 is 27.9. The van der Waals surface area contributed by atoms with Crippen molar-refractivity contribution in [2.75, 3.05) is 11.9 Å². The first kappa shape index (κ1) is 14.6. The average Bonchev–Trinajstić information content (AvgIpc) is 2.30. The fourth-order valence-corrected chi connectivity index (χ4v) is 1.04. The molecule has 3 N–H and O–H groups in total. The lowest BCUT2D eigenvalue weighted by atomic mass is 10.3. The van der Waals surface area contributed by atoms with E-state index in [9.17, 15) is 18.4 Å². The van der Waals surface area contributed by atoms with Crippen molar-refractivity contribution in [3.63, 3.8) is 0 Å². The summed E-state index contributed by atoms with van der Waals surface area (Å²) in [4.78, 5) is 25.6. The first-order valence-corrected chi connectivity index (χ1v) is 4.93. The van der Waals surface area contributed by atoms with Gasteiger partial charge in [-0.3, -0.25) is 4.84 Å². The van der Waals surface area contributed by atoms with Gasteiger partial charge < -0.3 is 15.2 Å². The van der Waals surface area contributed by atoms with E-state index in [2.05, 4.69) is 14.9 Å². The number of hydrogen-bond acceptors (Lipinski definition) is 4. The lowest BCUT2D eigenvalue weighted by molar-refractivity contribution is -0.143. The van der Waals surface area contributed by atoms with E-state index in [0.717, 1.165) is 0 Å². The normalized spacial score (nSPS) is 10.1. The van der Waals surface area contributed by atoms with Crippen molar-refractivity contribution in [1.29, 1.82) is 0 Å². The van der Waals surface area contributed by atoms with Gasteiger partial charge in [0.25, 0.3) is 0 Å². The Morgan fingerprint density at radius 1 is 1.26 bits per heavy atom. The molecule has 0 fully saturated rings. The highest BCUT2D eigenvalue weighted by molar-refractivity contribution is 5.88. The van der Waals surface area contributed by atoms with E-state index in [-0.39, 0.29) is 11.4 Å². The van der Waals surface area contributed by atoms with Crippen molar-refractivity contribution < 1.29 is 33.1 Å². The zero-order chi connectivity index (χ0) is 14.3. The van der Waals surface area contributed by atoms with Crippen LogP contribution in [0.25, 0.3) is 0 Å². The smallest absolute Gasteiger partial charge is 0.387 e. The molecule has 0 bridgehead atoms. The Hall–Kier alpha value is -2.42. The predicted octanol–water partition coefficient (Wildman–Crippen LogP) is 1.43. The number of anilines is 1. The Morgan fingerprint density at radius 2 is 1.89 bits per heavy atom. The highest BCUT2D eigenvalue weighted by Gasteiger charge is 2.06. The molecule has 0 aliphatic rings. The number of ether oxygens (including phenoxy) is 1. The number of benzene rings is 1. The lowest BCUT2D eigenvalue weighted by Gasteiger charge is -2.08. The number of aliphatic carboxylic acids is 1. The fourth-order valence-electron chi connectivity index (χ4n) is 1.04. The number of carbonyl (C=O) groups is 2. The van der Waals surface area contributed by atoms with Gasteiger partial charge in [0.2, 0.25) is 0 Å². The van der Waals surface area contributed by atoms with Crippen LogP contribution in [0.5, 0.6) is 5.75 Å². The molecule has 0 unspecified atom stereocenters. The molecule has 0 spiro atoms. The standard InChI is InChI=1S/C10H10F2N2O5/c11-9(12)19-7-3-1-6(2-4-7)13-10(17)14-18-5-8(15)16/h1-4,9H,5H2,(H,15,16)(H2,13,14,17). The number of carboxylic acids is 1. The van der Waals surface area contributed by atoms with Crippen LogP contribution < -0.4 is 15.5 Å². The van der Waals surface area contributed by atoms with E-state index < -0.39 is 25.2 Å². The summed E-state index contributed by atoms with van der Waals surface area (Å²) in [6.07, 6.45) is 0. The molecular formula is C10H10F2N2O5. The summed E-state index contributed by atoms with van der Waals surface area (Å²) in [6, 6.07) is 4.33. The first-order valence-electron chi connectivity index (χ1n) is 4.93. The zero-order valence-electron chi connectivity index (χ0n) is 9.43. The molecule has 0 aliphatic heterocycles. The average molecular weight is 276 g/mol. The van der Waals surface area contributed by atoms with Gasteiger partial charge in [0.05, 0.1) is 0 Å². The molecule has 0 atom stereocenters. The van der Waals surface area contributed by atoms with Gasteiger partial charge in [-0.2, -0.15) is 8.78 Å². The van der Waals surface area contributed by atoms with Crippen molar-refractivity contribution in [1.82, 2.24) is 5.48 Å². The van der Waals surface area contributed by atoms with Crippen LogP contribution in [-0.2, 0) is 9.63 Å². The van der Waals surface area contributed by atoms with Gasteiger partial charge in [-0.05, 0) is 24.3 Å². The summed E-state index contributed by atoms with van der Waals surface area (Å²) in [5.74, 6) is -1.29. The van der Waals surface area contributed by atoms with E-state index in [0.29, 0.717) is 0 Å². The first-order chi connectivity index (χ1) is 8.97. The second-order valence-corrected chi connectivity index (χ2v) is 3.14. The highest BCUT2D eigenvalue weighted by atomic mass is 19.3. The molecule has 19 heavy (non-hydrogen) atoms. The molecule has 0 heterocycles. The molecule has 1 aromatic rings. The third-order valence-electron chi connectivity index (χ3n) is 1.70. The predicted molar refractivity (Wildman–Crippen MR) is 58.8 cm³/mol. The van der Waals surface area contributed by atoms with Crippen LogP contribution in [-0.4, -0.2) is 30.3 Å². The maximum absolute atomic E-state index is 11.9. The van der Waals surface area contributed by atoms with Crippen LogP contribution >= 0.6 is 0 Å². The van der Waals surface area contributed by atoms with Crippen LogP contribution in [0.2, 0.25) is 0 Å². The van der Waals surface area contributed by atoms with Crippen molar-refractivity contribution in [2.24, 2.45) is 0 Å². The second-order valence-electron chi connectivity index (χ2n) is 3.14. The molecule has 2 amide bonds. The quantitative estimate of drug-likeness (QED) is 0.683. The molecule has 0 saturated heterocycles. The molecule has 0 aliphatic carbocycles. The number of rotatable bonds is 6. The minimum Gasteiger partial charge on any atom is -0.479 e. The van der Waals surface area contributed by atoms with Crippen LogP contribution in [0.3, 0.4) is 0 Å². The lowest BCUT2D eigenvalue weighted by Crippen LogP contribution is -2.30. The van der Waals surface area contributed by atoms with E-state index in [4.69, 9.17) is 5.11 Å². The van der Waals surface area contributed by atoms with Gasteiger partial charge in [-0.15, -0.1) is 0 Å². The molecule has 7 nitrogen and oxygen atoms in total. The Morgan fingerprint density at radius 3 is 2.42 bits per heavy atom. The molecule has 1 aromatic carbocycles. The summed E-state index contributed by atoms with van der Waals surface area (Å²) in [6.45, 7) is -3.61. The third-order valence-corrected chi connectivity index (χ3v) is 1.70. The van der Waals surface area contributed by atoms with Crippen LogP contribution in [0.1, 0.15) is 0 Å². The van der Waals surface area contributed by atoms with Gasteiger partial charge in [0.15, 0.2) is 6.61 Å². The van der Waals surface area contributed by atoms with Gasteiger partial charge in [-0.25, -0.2) is 15.1 Å². The summed E-state index contributed by atoms with van der Waals surface area (Å²) in [7, 11) is 0. The summed E-state index contributed by atoms with van der Waals surface area (Å²) in [5, 5.41) is 10.5. The Bertz CT molecular complexity index is 438. The fraction of sp³-hybridized carbons (Fsp3) is 0.200. The molecule has 1 rings (SSSR count). The van der Waals surface area contributed by atoms with Crippen LogP contribution in [0.4, 0.5) is 19.3 Å². The van der Waals surface area contributed by atoms with E-state index in [1.54, 1.807) is 0 Å². The van der Waals surface area contributed by atoms with Crippen molar-refractivity contribution in [2.45, 2.75) is 6.61 Å². The molecule has 0 radical (unpaired) electrons. The maximum Gasteiger partial charge on any atom is 0.387 e. The van der Waals surface area contributed by atoms with Crippen molar-refractivity contribution in [3.05, 3.63) is 24.3 Å². The third kappa shape index (κ3) is 6.17. The number of halogens is 2. The molecule has 0 saturated carbocycles. The number of alkyl halides is 2. The number of urea groups is 1. The number of carbonyl (C=O) groups excluding carboxylic acids is 1. The van der Waals surface area contributed by atoms with E-state index in [1.165, 1.54) is 24.3 Å². The van der Waals surface area contributed by atoms with Gasteiger partial charge in [0.1, 0.15) is 5.75 Å². The van der Waals surface area contributed by atoms with Crippen LogP contribution in [0, 0.1) is 0 Å². The Kier molecular flexibility index (Phi) is 5.48. The number of amides is 2. The largest absolute Gasteiger partial charge is 0.479 e. The van der Waals surface area contributed by atoms with Gasteiger partial charge in [0, 0.05) is 5.69 Å². The number of hydroxylamine groups is 1. The monoisotopic (exact) mass is 276 g/mol. The number of carboxylic acid groups (broad SMARTS) is 1. The second kappa shape index (κ2) is 7.11. The number of nitrogens with one attached hydrogen (secondary N) is 2. The maximum atomic E-state index is 11.9. The van der Waals surface area contributed by atoms with E-state index >= 15 is 0 Å². The highest BCUT2D eigenvalue weighted by Crippen LogP contribution is 2.17. The molecular weight excluding hydrogens is 266 g/mol. The molecule has 0 aromatic heterocycles. The summed E-state index contributed by atoms with van der Waals surface area (Å²) >= 11 is 0. The topological polar surface area (TPSA) is 96.9 Å². The molecule has 9 heteroatoms. The van der Waals surface area contributed by atoms with Gasteiger partial charge in [-0.1, -0.05) is 0 Å². The van der Waals surface area contributed by atoms with E-state index in [1.807, 2.05) is 5.48 Å².